The number of pyridine rings is 1. The molecular formula is C16H26N2O. The molecule has 0 saturated carbocycles. The Kier molecular flexibility index (Phi) is 5.52. The van der Waals surface area contributed by atoms with Crippen LogP contribution in [0.3, 0.4) is 0 Å². The molecular weight excluding hydrogens is 236 g/mol. The molecule has 1 unspecified atom stereocenters. The predicted molar refractivity (Wildman–Crippen MR) is 78.8 cm³/mol. The Morgan fingerprint density at radius 1 is 1.37 bits per heavy atom. The van der Waals surface area contributed by atoms with E-state index in [2.05, 4.69) is 38.0 Å². The average Bonchev–Trinajstić information content (AvgIpc) is 2.32. The predicted octanol–water partition coefficient (Wildman–Crippen LogP) is 3.78. The van der Waals surface area contributed by atoms with E-state index in [1.807, 2.05) is 25.1 Å². The van der Waals surface area contributed by atoms with Crippen LogP contribution in [0.1, 0.15) is 64.4 Å². The molecule has 1 amide bonds. The third-order valence-electron chi connectivity index (χ3n) is 3.11. The van der Waals surface area contributed by atoms with Crippen molar-refractivity contribution in [2.45, 2.75) is 59.9 Å². The van der Waals surface area contributed by atoms with Crippen LogP contribution in [0, 0.1) is 12.3 Å². The zero-order valence-corrected chi connectivity index (χ0v) is 12.8. The highest BCUT2D eigenvalue weighted by molar-refractivity contribution is 5.76. The highest BCUT2D eigenvalue weighted by Gasteiger charge is 2.17. The minimum absolute atomic E-state index is 0.0207. The van der Waals surface area contributed by atoms with Gasteiger partial charge in [0, 0.05) is 12.1 Å². The Morgan fingerprint density at radius 3 is 2.58 bits per heavy atom. The fraction of sp³-hybridized carbons (Fsp3) is 0.625. The number of nitrogens with zero attached hydrogens (tertiary/aromatic N) is 1. The number of hydrogen-bond donors (Lipinski definition) is 1. The van der Waals surface area contributed by atoms with Crippen molar-refractivity contribution in [2.75, 3.05) is 0 Å². The quantitative estimate of drug-likeness (QED) is 0.877. The first-order valence-corrected chi connectivity index (χ1v) is 7.05. The number of amides is 1. The molecule has 1 N–H and O–H groups in total. The van der Waals surface area contributed by atoms with Crippen LogP contribution < -0.4 is 5.32 Å². The highest BCUT2D eigenvalue weighted by Crippen LogP contribution is 2.21. The first-order chi connectivity index (χ1) is 8.81. The van der Waals surface area contributed by atoms with Crippen molar-refractivity contribution in [2.24, 2.45) is 5.41 Å². The summed E-state index contributed by atoms with van der Waals surface area (Å²) in [5, 5.41) is 3.08. The van der Waals surface area contributed by atoms with Gasteiger partial charge in [0.1, 0.15) is 0 Å². The van der Waals surface area contributed by atoms with Gasteiger partial charge >= 0.3 is 0 Å². The minimum atomic E-state index is 0.0207. The molecule has 0 aliphatic carbocycles. The number of carbonyl (C=O) groups is 1. The van der Waals surface area contributed by atoms with Crippen molar-refractivity contribution < 1.29 is 4.79 Å². The van der Waals surface area contributed by atoms with Crippen LogP contribution in [0.15, 0.2) is 18.2 Å². The van der Waals surface area contributed by atoms with Crippen molar-refractivity contribution in [3.05, 3.63) is 29.6 Å². The van der Waals surface area contributed by atoms with Gasteiger partial charge in [-0.2, -0.15) is 0 Å². The van der Waals surface area contributed by atoms with Crippen LogP contribution in [0.4, 0.5) is 0 Å². The molecule has 0 spiro atoms. The summed E-state index contributed by atoms with van der Waals surface area (Å²) in [6, 6.07) is 5.96. The Hall–Kier alpha value is -1.38. The first-order valence-electron chi connectivity index (χ1n) is 7.05. The van der Waals surface area contributed by atoms with Crippen LogP contribution in [-0.2, 0) is 4.79 Å². The molecule has 1 atom stereocenters. The van der Waals surface area contributed by atoms with E-state index in [1.165, 1.54) is 0 Å². The molecule has 0 aliphatic rings. The molecule has 3 nitrogen and oxygen atoms in total. The van der Waals surface area contributed by atoms with E-state index in [1.54, 1.807) is 0 Å². The molecule has 3 heteroatoms. The van der Waals surface area contributed by atoms with Crippen molar-refractivity contribution in [3.63, 3.8) is 0 Å². The topological polar surface area (TPSA) is 42.0 Å². The van der Waals surface area contributed by atoms with Crippen LogP contribution in [-0.4, -0.2) is 10.9 Å². The van der Waals surface area contributed by atoms with Gasteiger partial charge in [0.2, 0.25) is 5.91 Å². The molecule has 106 valence electrons. The van der Waals surface area contributed by atoms with Crippen LogP contribution in [0.25, 0.3) is 0 Å². The zero-order valence-electron chi connectivity index (χ0n) is 12.8. The Balaban J connectivity index is 2.60. The number of nitrogens with one attached hydrogen (secondary N) is 1. The second-order valence-electron chi connectivity index (χ2n) is 6.29. The third kappa shape index (κ3) is 5.86. The molecule has 1 heterocycles. The fourth-order valence-corrected chi connectivity index (χ4v) is 1.90. The summed E-state index contributed by atoms with van der Waals surface area (Å²) in [5.41, 5.74) is 2.13. The van der Waals surface area contributed by atoms with Crippen molar-refractivity contribution in [3.8, 4) is 0 Å². The maximum atomic E-state index is 12.0. The van der Waals surface area contributed by atoms with E-state index in [0.717, 1.165) is 24.2 Å². The zero-order chi connectivity index (χ0) is 14.5. The Bertz CT molecular complexity index is 421. The largest absolute Gasteiger partial charge is 0.348 e. The van der Waals surface area contributed by atoms with Gasteiger partial charge in [-0.05, 0) is 37.3 Å². The van der Waals surface area contributed by atoms with Gasteiger partial charge < -0.3 is 5.32 Å². The maximum Gasteiger partial charge on any atom is 0.220 e. The van der Waals surface area contributed by atoms with Gasteiger partial charge in [0.15, 0.2) is 0 Å². The summed E-state index contributed by atoms with van der Waals surface area (Å²) in [5.74, 6) is 0.116. The molecule has 0 aromatic carbocycles. The summed E-state index contributed by atoms with van der Waals surface area (Å²) < 4.78 is 0. The van der Waals surface area contributed by atoms with Gasteiger partial charge in [0.05, 0.1) is 11.7 Å². The van der Waals surface area contributed by atoms with Crippen molar-refractivity contribution in [1.82, 2.24) is 10.3 Å². The molecule has 1 rings (SSSR count). The summed E-state index contributed by atoms with van der Waals surface area (Å²) in [4.78, 5) is 16.5. The molecule has 1 aromatic rings. The van der Waals surface area contributed by atoms with Gasteiger partial charge in [0.25, 0.3) is 0 Å². The Morgan fingerprint density at radius 2 is 2.05 bits per heavy atom. The third-order valence-corrected chi connectivity index (χ3v) is 3.11. The number of rotatable bonds is 5. The number of aromatic nitrogens is 1. The summed E-state index contributed by atoms with van der Waals surface area (Å²) >= 11 is 0. The maximum absolute atomic E-state index is 12.0. The molecule has 0 saturated heterocycles. The van der Waals surface area contributed by atoms with E-state index in [4.69, 9.17) is 0 Å². The van der Waals surface area contributed by atoms with Crippen LogP contribution >= 0.6 is 0 Å². The average molecular weight is 262 g/mol. The van der Waals surface area contributed by atoms with Crippen molar-refractivity contribution >= 4 is 5.91 Å². The van der Waals surface area contributed by atoms with E-state index >= 15 is 0 Å². The van der Waals surface area contributed by atoms with Crippen LogP contribution in [0.2, 0.25) is 0 Å². The second kappa shape index (κ2) is 6.69. The standard InChI is InChI=1S/C16H26N2O/c1-6-13(14-9-7-8-12(2)17-14)18-15(19)10-11-16(3,4)5/h7-9,13H,6,10-11H2,1-5H3,(H,18,19). The highest BCUT2D eigenvalue weighted by atomic mass is 16.1. The number of hydrogen-bond acceptors (Lipinski definition) is 2. The lowest BCUT2D eigenvalue weighted by Crippen LogP contribution is -2.29. The normalized spacial score (nSPS) is 13.1. The lowest BCUT2D eigenvalue weighted by Gasteiger charge is -2.20. The van der Waals surface area contributed by atoms with Gasteiger partial charge in [-0.15, -0.1) is 0 Å². The van der Waals surface area contributed by atoms with Crippen molar-refractivity contribution in [1.29, 1.82) is 0 Å². The lowest BCUT2D eigenvalue weighted by molar-refractivity contribution is -0.122. The van der Waals surface area contributed by atoms with Gasteiger partial charge in [-0.1, -0.05) is 33.8 Å². The Labute approximate surface area is 116 Å². The van der Waals surface area contributed by atoms with Crippen LogP contribution in [0.5, 0.6) is 0 Å². The van der Waals surface area contributed by atoms with E-state index in [-0.39, 0.29) is 17.4 Å². The smallest absolute Gasteiger partial charge is 0.220 e. The summed E-state index contributed by atoms with van der Waals surface area (Å²) in [6.45, 7) is 10.5. The monoisotopic (exact) mass is 262 g/mol. The summed E-state index contributed by atoms with van der Waals surface area (Å²) in [7, 11) is 0. The number of carbonyl (C=O) groups excluding carboxylic acids is 1. The second-order valence-corrected chi connectivity index (χ2v) is 6.29. The van der Waals surface area contributed by atoms with E-state index < -0.39 is 0 Å². The fourth-order valence-electron chi connectivity index (χ4n) is 1.90. The minimum Gasteiger partial charge on any atom is -0.348 e. The molecule has 0 fully saturated rings. The van der Waals surface area contributed by atoms with E-state index in [0.29, 0.717) is 6.42 Å². The molecule has 0 aliphatic heterocycles. The first kappa shape index (κ1) is 15.7. The summed E-state index contributed by atoms with van der Waals surface area (Å²) in [6.07, 6.45) is 2.33. The lowest BCUT2D eigenvalue weighted by atomic mass is 9.90. The van der Waals surface area contributed by atoms with Gasteiger partial charge in [-0.25, -0.2) is 0 Å². The molecule has 19 heavy (non-hydrogen) atoms. The van der Waals surface area contributed by atoms with E-state index in [9.17, 15) is 4.79 Å². The molecule has 0 radical (unpaired) electrons. The van der Waals surface area contributed by atoms with Gasteiger partial charge in [-0.3, -0.25) is 9.78 Å². The molecule has 1 aromatic heterocycles. The molecule has 0 bridgehead atoms. The SMILES string of the molecule is CCC(NC(=O)CCC(C)(C)C)c1cccc(C)n1. The number of aryl methyl sites for hydroxylation is 1.